The SMILES string of the molecule is CN=C(NCc1cc(F)ccc1F)NCC1CCN(C(=O)OC(C)(C)C)CC1. The molecule has 0 aromatic heterocycles. The van der Waals surface area contributed by atoms with Gasteiger partial charge in [0.1, 0.15) is 17.2 Å². The van der Waals surface area contributed by atoms with Gasteiger partial charge in [0.15, 0.2) is 5.96 Å². The number of carbonyl (C=O) groups is 1. The van der Waals surface area contributed by atoms with Gasteiger partial charge in [0, 0.05) is 38.8 Å². The van der Waals surface area contributed by atoms with Gasteiger partial charge < -0.3 is 20.3 Å². The van der Waals surface area contributed by atoms with Gasteiger partial charge in [-0.15, -0.1) is 0 Å². The fourth-order valence-electron chi connectivity index (χ4n) is 2.97. The van der Waals surface area contributed by atoms with Gasteiger partial charge in [0.2, 0.25) is 0 Å². The van der Waals surface area contributed by atoms with Gasteiger partial charge in [0.05, 0.1) is 0 Å². The van der Waals surface area contributed by atoms with E-state index < -0.39 is 17.2 Å². The van der Waals surface area contributed by atoms with Crippen LogP contribution in [0.15, 0.2) is 23.2 Å². The third-order valence-electron chi connectivity index (χ3n) is 4.50. The van der Waals surface area contributed by atoms with Crippen molar-refractivity contribution < 1.29 is 18.3 Å². The number of rotatable bonds is 4. The Morgan fingerprint density at radius 1 is 1.25 bits per heavy atom. The molecule has 1 aliphatic heterocycles. The van der Waals surface area contributed by atoms with E-state index in [4.69, 9.17) is 4.74 Å². The van der Waals surface area contributed by atoms with E-state index >= 15 is 0 Å². The van der Waals surface area contributed by atoms with Gasteiger partial charge >= 0.3 is 6.09 Å². The van der Waals surface area contributed by atoms with Crippen molar-refractivity contribution in [3.8, 4) is 0 Å². The highest BCUT2D eigenvalue weighted by atomic mass is 19.1. The first-order valence-electron chi connectivity index (χ1n) is 9.54. The smallest absolute Gasteiger partial charge is 0.410 e. The van der Waals surface area contributed by atoms with E-state index in [9.17, 15) is 13.6 Å². The van der Waals surface area contributed by atoms with Crippen LogP contribution in [0.25, 0.3) is 0 Å². The van der Waals surface area contributed by atoms with E-state index in [0.717, 1.165) is 25.0 Å². The summed E-state index contributed by atoms with van der Waals surface area (Å²) in [6, 6.07) is 3.37. The van der Waals surface area contributed by atoms with Crippen LogP contribution in [0.1, 0.15) is 39.2 Å². The number of piperidine rings is 1. The zero-order chi connectivity index (χ0) is 20.7. The molecule has 1 saturated heterocycles. The first kappa shape index (κ1) is 21.9. The van der Waals surface area contributed by atoms with Crippen molar-refractivity contribution in [2.75, 3.05) is 26.7 Å². The fourth-order valence-corrected chi connectivity index (χ4v) is 2.97. The molecule has 1 aromatic rings. The highest BCUT2D eigenvalue weighted by Crippen LogP contribution is 2.19. The number of halogens is 2. The molecule has 1 aromatic carbocycles. The van der Waals surface area contributed by atoms with Gasteiger partial charge in [-0.05, 0) is 57.7 Å². The number of nitrogens with one attached hydrogen (secondary N) is 2. The predicted molar refractivity (Wildman–Crippen MR) is 105 cm³/mol. The highest BCUT2D eigenvalue weighted by molar-refractivity contribution is 5.79. The van der Waals surface area contributed by atoms with Crippen LogP contribution >= 0.6 is 0 Å². The summed E-state index contributed by atoms with van der Waals surface area (Å²) in [6.45, 7) is 7.71. The Hall–Kier alpha value is -2.38. The monoisotopic (exact) mass is 396 g/mol. The van der Waals surface area contributed by atoms with E-state index in [1.165, 1.54) is 6.07 Å². The maximum Gasteiger partial charge on any atom is 0.410 e. The van der Waals surface area contributed by atoms with Crippen molar-refractivity contribution in [2.24, 2.45) is 10.9 Å². The zero-order valence-electron chi connectivity index (χ0n) is 17.0. The molecule has 1 heterocycles. The molecule has 0 aliphatic carbocycles. The molecule has 0 bridgehead atoms. The van der Waals surface area contributed by atoms with E-state index in [-0.39, 0.29) is 18.2 Å². The van der Waals surface area contributed by atoms with Gasteiger partial charge in [-0.3, -0.25) is 4.99 Å². The lowest BCUT2D eigenvalue weighted by molar-refractivity contribution is 0.0185. The summed E-state index contributed by atoms with van der Waals surface area (Å²) in [5, 5.41) is 6.21. The molecule has 2 N–H and O–H groups in total. The van der Waals surface area contributed by atoms with Crippen LogP contribution in [0.5, 0.6) is 0 Å². The quantitative estimate of drug-likeness (QED) is 0.606. The Morgan fingerprint density at radius 3 is 2.54 bits per heavy atom. The molecular formula is C20H30F2N4O2. The highest BCUT2D eigenvalue weighted by Gasteiger charge is 2.26. The minimum atomic E-state index is -0.491. The first-order chi connectivity index (χ1) is 13.2. The molecule has 1 fully saturated rings. The molecule has 0 saturated carbocycles. The number of hydrogen-bond donors (Lipinski definition) is 2. The standard InChI is InChI=1S/C20H30F2N4O2/c1-20(2,3)28-19(27)26-9-7-14(8-10-26)12-24-18(23-4)25-13-15-11-16(21)5-6-17(15)22/h5-6,11,14H,7-10,12-13H2,1-4H3,(H2,23,24,25). The summed E-state index contributed by atoms with van der Waals surface area (Å²) < 4.78 is 32.3. The minimum absolute atomic E-state index is 0.139. The lowest BCUT2D eigenvalue weighted by Crippen LogP contribution is -2.45. The van der Waals surface area contributed by atoms with E-state index in [2.05, 4.69) is 15.6 Å². The third kappa shape index (κ3) is 6.98. The summed E-state index contributed by atoms with van der Waals surface area (Å²) in [5.41, 5.74) is -0.247. The maximum absolute atomic E-state index is 13.7. The number of likely N-dealkylation sites (tertiary alicyclic amines) is 1. The van der Waals surface area contributed by atoms with Crippen LogP contribution in [0.4, 0.5) is 13.6 Å². The van der Waals surface area contributed by atoms with Crippen molar-refractivity contribution >= 4 is 12.1 Å². The molecule has 0 atom stereocenters. The fraction of sp³-hybridized carbons (Fsp3) is 0.600. The molecular weight excluding hydrogens is 366 g/mol. The third-order valence-corrected chi connectivity index (χ3v) is 4.50. The average Bonchev–Trinajstić information content (AvgIpc) is 2.63. The number of benzene rings is 1. The molecule has 0 radical (unpaired) electrons. The minimum Gasteiger partial charge on any atom is -0.444 e. The van der Waals surface area contributed by atoms with Gasteiger partial charge in [-0.1, -0.05) is 0 Å². The molecule has 28 heavy (non-hydrogen) atoms. The number of aliphatic imine (C=N–C) groups is 1. The van der Waals surface area contributed by atoms with Crippen LogP contribution < -0.4 is 10.6 Å². The lowest BCUT2D eigenvalue weighted by Gasteiger charge is -2.33. The summed E-state index contributed by atoms with van der Waals surface area (Å²) in [4.78, 5) is 18.0. The molecule has 0 spiro atoms. The van der Waals surface area contributed by atoms with E-state index in [1.54, 1.807) is 11.9 Å². The topological polar surface area (TPSA) is 66.0 Å². The van der Waals surface area contributed by atoms with Gasteiger partial charge in [0.25, 0.3) is 0 Å². The predicted octanol–water partition coefficient (Wildman–Crippen LogP) is 3.28. The molecule has 1 aliphatic rings. The Morgan fingerprint density at radius 2 is 1.93 bits per heavy atom. The van der Waals surface area contributed by atoms with E-state index in [0.29, 0.717) is 31.5 Å². The van der Waals surface area contributed by atoms with Crippen molar-refractivity contribution in [3.05, 3.63) is 35.4 Å². The number of guanidine groups is 1. The normalized spacial score (nSPS) is 16.1. The zero-order valence-corrected chi connectivity index (χ0v) is 17.0. The summed E-state index contributed by atoms with van der Waals surface area (Å²) >= 11 is 0. The maximum atomic E-state index is 13.7. The second kappa shape index (κ2) is 9.71. The van der Waals surface area contributed by atoms with Crippen molar-refractivity contribution in [1.82, 2.24) is 15.5 Å². The molecule has 0 unspecified atom stereocenters. The summed E-state index contributed by atoms with van der Waals surface area (Å²) in [7, 11) is 1.63. The summed E-state index contributed by atoms with van der Waals surface area (Å²) in [6.07, 6.45) is 1.46. The number of ether oxygens (including phenoxy) is 1. The second-order valence-electron chi connectivity index (χ2n) is 7.95. The Bertz CT molecular complexity index is 696. The van der Waals surface area contributed by atoms with Gasteiger partial charge in [-0.2, -0.15) is 0 Å². The van der Waals surface area contributed by atoms with Crippen LogP contribution in [-0.2, 0) is 11.3 Å². The van der Waals surface area contributed by atoms with Crippen LogP contribution in [0.2, 0.25) is 0 Å². The van der Waals surface area contributed by atoms with Crippen molar-refractivity contribution in [1.29, 1.82) is 0 Å². The number of carbonyl (C=O) groups excluding carboxylic acids is 1. The van der Waals surface area contributed by atoms with Gasteiger partial charge in [-0.25, -0.2) is 13.6 Å². The largest absolute Gasteiger partial charge is 0.444 e. The number of amides is 1. The molecule has 156 valence electrons. The van der Waals surface area contributed by atoms with Crippen LogP contribution in [0.3, 0.4) is 0 Å². The number of nitrogens with zero attached hydrogens (tertiary/aromatic N) is 2. The van der Waals surface area contributed by atoms with E-state index in [1.807, 2.05) is 20.8 Å². The Kier molecular flexibility index (Phi) is 7.60. The van der Waals surface area contributed by atoms with Crippen molar-refractivity contribution in [3.63, 3.8) is 0 Å². The average molecular weight is 396 g/mol. The molecule has 1 amide bonds. The molecule has 8 heteroatoms. The number of hydrogen-bond acceptors (Lipinski definition) is 3. The summed E-state index contributed by atoms with van der Waals surface area (Å²) in [5.74, 6) is -0.0156. The van der Waals surface area contributed by atoms with Crippen LogP contribution in [-0.4, -0.2) is 49.2 Å². The van der Waals surface area contributed by atoms with Crippen molar-refractivity contribution in [2.45, 2.75) is 45.8 Å². The molecule has 6 nitrogen and oxygen atoms in total. The molecule has 2 rings (SSSR count). The second-order valence-corrected chi connectivity index (χ2v) is 7.95. The van der Waals surface area contributed by atoms with Crippen LogP contribution in [0, 0.1) is 17.6 Å². The Balaban J connectivity index is 1.74. The first-order valence-corrected chi connectivity index (χ1v) is 9.54. The lowest BCUT2D eigenvalue weighted by atomic mass is 9.97. The Labute approximate surface area is 165 Å².